The monoisotopic (exact) mass is 250 g/mol. The maximum atomic E-state index is 4.52. The first kappa shape index (κ1) is 12.9. The normalized spacial score (nSPS) is 17.4. The zero-order chi connectivity index (χ0) is 12.3. The topological polar surface area (TPSA) is 24.9 Å². The van der Waals surface area contributed by atoms with Crippen LogP contribution in [0.1, 0.15) is 39.2 Å². The van der Waals surface area contributed by atoms with Crippen molar-refractivity contribution in [3.63, 3.8) is 0 Å². The van der Waals surface area contributed by atoms with Gasteiger partial charge in [0.2, 0.25) is 0 Å². The van der Waals surface area contributed by atoms with Crippen LogP contribution >= 0.6 is 11.8 Å². The summed E-state index contributed by atoms with van der Waals surface area (Å²) in [5.41, 5.74) is 1.29. The van der Waals surface area contributed by atoms with E-state index < -0.39 is 0 Å². The fourth-order valence-corrected chi connectivity index (χ4v) is 2.37. The highest BCUT2D eigenvalue weighted by Crippen LogP contribution is 2.26. The van der Waals surface area contributed by atoms with Crippen molar-refractivity contribution in [1.82, 2.24) is 10.3 Å². The van der Waals surface area contributed by atoms with Crippen molar-refractivity contribution in [2.24, 2.45) is 5.92 Å². The Morgan fingerprint density at radius 1 is 1.35 bits per heavy atom. The van der Waals surface area contributed by atoms with Gasteiger partial charge in [0.1, 0.15) is 0 Å². The van der Waals surface area contributed by atoms with Gasteiger partial charge in [-0.1, -0.05) is 26.8 Å². The average Bonchev–Trinajstić information content (AvgIpc) is 3.12. The molecule has 0 aliphatic heterocycles. The summed E-state index contributed by atoms with van der Waals surface area (Å²) >= 11 is 1.87. The molecule has 0 radical (unpaired) electrons. The molecule has 1 heterocycles. The number of thioether (sulfide) groups is 1. The summed E-state index contributed by atoms with van der Waals surface area (Å²) < 4.78 is 0. The number of hydrogen-bond donors (Lipinski definition) is 1. The predicted molar refractivity (Wildman–Crippen MR) is 74.3 cm³/mol. The van der Waals surface area contributed by atoms with E-state index in [2.05, 4.69) is 43.2 Å². The summed E-state index contributed by atoms with van der Waals surface area (Å²) in [5.74, 6) is 0.693. The molecule has 1 atom stereocenters. The highest BCUT2D eigenvalue weighted by atomic mass is 32.2. The Kier molecular flexibility index (Phi) is 4.46. The third-order valence-corrected chi connectivity index (χ3v) is 4.61. The number of pyridine rings is 1. The number of rotatable bonds is 6. The molecule has 17 heavy (non-hydrogen) atoms. The molecule has 1 aromatic rings. The lowest BCUT2D eigenvalue weighted by Crippen LogP contribution is -2.15. The Bertz CT molecular complexity index is 344. The molecule has 1 N–H and O–H groups in total. The lowest BCUT2D eigenvalue weighted by molar-refractivity contribution is 0.641. The van der Waals surface area contributed by atoms with Crippen LogP contribution in [0.5, 0.6) is 0 Å². The van der Waals surface area contributed by atoms with Crippen LogP contribution in [-0.4, -0.2) is 16.3 Å². The van der Waals surface area contributed by atoms with Gasteiger partial charge in [-0.05, 0) is 30.4 Å². The summed E-state index contributed by atoms with van der Waals surface area (Å²) in [6, 6.07) is 5.11. The molecule has 0 spiro atoms. The number of nitrogens with zero attached hydrogens (tertiary/aromatic N) is 1. The molecule has 1 saturated carbocycles. The van der Waals surface area contributed by atoms with Gasteiger partial charge >= 0.3 is 0 Å². The van der Waals surface area contributed by atoms with E-state index in [9.17, 15) is 0 Å². The molecular weight excluding hydrogens is 228 g/mol. The molecule has 94 valence electrons. The van der Waals surface area contributed by atoms with Gasteiger partial charge in [-0.15, -0.1) is 11.8 Å². The molecule has 0 bridgehead atoms. The highest BCUT2D eigenvalue weighted by Gasteiger charge is 2.19. The van der Waals surface area contributed by atoms with Crippen molar-refractivity contribution in [1.29, 1.82) is 0 Å². The third-order valence-electron chi connectivity index (χ3n) is 3.22. The van der Waals surface area contributed by atoms with Gasteiger partial charge in [-0.3, -0.25) is 0 Å². The first-order chi connectivity index (χ1) is 8.15. The minimum Gasteiger partial charge on any atom is -0.310 e. The molecule has 1 aliphatic carbocycles. The van der Waals surface area contributed by atoms with E-state index in [0.29, 0.717) is 11.2 Å². The summed E-state index contributed by atoms with van der Waals surface area (Å²) in [7, 11) is 0. The van der Waals surface area contributed by atoms with Crippen LogP contribution < -0.4 is 5.32 Å². The van der Waals surface area contributed by atoms with E-state index in [1.54, 1.807) is 0 Å². The van der Waals surface area contributed by atoms with E-state index in [-0.39, 0.29) is 0 Å². The van der Waals surface area contributed by atoms with Crippen molar-refractivity contribution < 1.29 is 0 Å². The van der Waals surface area contributed by atoms with E-state index >= 15 is 0 Å². The van der Waals surface area contributed by atoms with Crippen molar-refractivity contribution in [3.8, 4) is 0 Å². The van der Waals surface area contributed by atoms with Gasteiger partial charge in [-0.25, -0.2) is 4.98 Å². The average molecular weight is 250 g/mol. The van der Waals surface area contributed by atoms with Gasteiger partial charge in [0.05, 0.1) is 5.03 Å². The minimum absolute atomic E-state index is 0.623. The van der Waals surface area contributed by atoms with Crippen molar-refractivity contribution in [2.75, 3.05) is 0 Å². The molecule has 1 aliphatic rings. The lowest BCUT2D eigenvalue weighted by atomic mass is 10.2. The molecule has 0 saturated heterocycles. The van der Waals surface area contributed by atoms with Crippen LogP contribution in [0.2, 0.25) is 0 Å². The van der Waals surface area contributed by atoms with E-state index in [4.69, 9.17) is 0 Å². The quantitative estimate of drug-likeness (QED) is 0.783. The van der Waals surface area contributed by atoms with Crippen molar-refractivity contribution >= 4 is 11.8 Å². The largest absolute Gasteiger partial charge is 0.310 e. The third kappa shape index (κ3) is 4.32. The van der Waals surface area contributed by atoms with Crippen LogP contribution in [0.25, 0.3) is 0 Å². The van der Waals surface area contributed by atoms with Crippen molar-refractivity contribution in [2.45, 2.75) is 56.5 Å². The minimum atomic E-state index is 0.623. The summed E-state index contributed by atoms with van der Waals surface area (Å²) in [5, 5.41) is 5.27. The number of aromatic nitrogens is 1. The molecule has 2 nitrogen and oxygen atoms in total. The summed E-state index contributed by atoms with van der Waals surface area (Å²) in [6.45, 7) is 7.74. The van der Waals surface area contributed by atoms with Gasteiger partial charge in [0, 0.05) is 24.0 Å². The SMILES string of the molecule is CC(C)C(C)Sc1ccc(CNC2CC2)cn1. The smallest absolute Gasteiger partial charge is 0.0962 e. The predicted octanol–water partition coefficient (Wildman–Crippen LogP) is 3.47. The maximum absolute atomic E-state index is 4.52. The first-order valence-corrected chi connectivity index (χ1v) is 7.38. The highest BCUT2D eigenvalue weighted by molar-refractivity contribution is 7.99. The second-order valence-corrected chi connectivity index (χ2v) is 6.62. The zero-order valence-electron chi connectivity index (χ0n) is 10.9. The van der Waals surface area contributed by atoms with Crippen LogP contribution in [0.4, 0.5) is 0 Å². The van der Waals surface area contributed by atoms with Crippen LogP contribution in [-0.2, 0) is 6.54 Å². The molecule has 3 heteroatoms. The second-order valence-electron chi connectivity index (χ2n) is 5.23. The van der Waals surface area contributed by atoms with E-state index in [1.165, 1.54) is 18.4 Å². The Hall–Kier alpha value is -0.540. The van der Waals surface area contributed by atoms with E-state index in [0.717, 1.165) is 17.6 Å². The Balaban J connectivity index is 1.83. The second kappa shape index (κ2) is 5.87. The molecule has 1 fully saturated rings. The Morgan fingerprint density at radius 3 is 2.65 bits per heavy atom. The van der Waals surface area contributed by atoms with Crippen LogP contribution in [0.15, 0.2) is 23.4 Å². The summed E-state index contributed by atoms with van der Waals surface area (Å²) in [4.78, 5) is 4.52. The molecule has 2 rings (SSSR count). The van der Waals surface area contributed by atoms with Gasteiger partial charge < -0.3 is 5.32 Å². The molecular formula is C14H22N2S. The standard InChI is InChI=1S/C14H22N2S/c1-10(2)11(3)17-14-7-4-12(9-16-14)8-15-13-5-6-13/h4,7,9-11,13,15H,5-6,8H2,1-3H3. The number of nitrogens with one attached hydrogen (secondary N) is 1. The maximum Gasteiger partial charge on any atom is 0.0962 e. The van der Waals surface area contributed by atoms with Gasteiger partial charge in [0.15, 0.2) is 0 Å². The Labute approximate surface area is 109 Å². The van der Waals surface area contributed by atoms with Gasteiger partial charge in [-0.2, -0.15) is 0 Å². The van der Waals surface area contributed by atoms with E-state index in [1.807, 2.05) is 18.0 Å². The fourth-order valence-electron chi connectivity index (χ4n) is 1.46. The number of hydrogen-bond acceptors (Lipinski definition) is 3. The molecule has 0 aromatic carbocycles. The molecule has 1 aromatic heterocycles. The lowest BCUT2D eigenvalue weighted by Gasteiger charge is -2.14. The van der Waals surface area contributed by atoms with Crippen molar-refractivity contribution in [3.05, 3.63) is 23.9 Å². The molecule has 0 amide bonds. The summed E-state index contributed by atoms with van der Waals surface area (Å²) in [6.07, 6.45) is 4.69. The molecule has 1 unspecified atom stereocenters. The first-order valence-electron chi connectivity index (χ1n) is 6.50. The zero-order valence-corrected chi connectivity index (χ0v) is 11.8. The Morgan fingerprint density at radius 2 is 2.12 bits per heavy atom. The van der Waals surface area contributed by atoms with Gasteiger partial charge in [0.25, 0.3) is 0 Å². The fraction of sp³-hybridized carbons (Fsp3) is 0.643. The van der Waals surface area contributed by atoms with Crippen LogP contribution in [0.3, 0.4) is 0 Å². The van der Waals surface area contributed by atoms with Crippen LogP contribution in [0, 0.1) is 5.92 Å².